The van der Waals surface area contributed by atoms with Crippen molar-refractivity contribution >= 4 is 34.6 Å². The van der Waals surface area contributed by atoms with Crippen LogP contribution in [0.4, 0.5) is 11.5 Å². The Bertz CT molecular complexity index is 973. The minimum absolute atomic E-state index is 0.0366. The van der Waals surface area contributed by atoms with Gasteiger partial charge in [0.25, 0.3) is 0 Å². The Balaban J connectivity index is 1.40. The third kappa shape index (κ3) is 4.52. The van der Waals surface area contributed by atoms with Crippen LogP contribution in [-0.2, 0) is 6.61 Å². The number of rotatable bonds is 7. The standard InChI is InChI=1S/C22H26N4OS2/c27-13-16-11-21(26-25-16)24-15-6-9-18(19(10-15)28-17-7-8-17)20-12-23-22(29-20)14-4-2-1-3-5-14/h6,9-12,14,17,27H,1-5,7-8,13H2,(H2,24,25,26). The molecule has 0 bridgehead atoms. The highest BCUT2D eigenvalue weighted by Crippen LogP contribution is 2.46. The van der Waals surface area contributed by atoms with Gasteiger partial charge >= 0.3 is 0 Å². The van der Waals surface area contributed by atoms with Gasteiger partial charge in [-0.05, 0) is 37.8 Å². The monoisotopic (exact) mass is 426 g/mol. The van der Waals surface area contributed by atoms with Crippen molar-refractivity contribution in [1.82, 2.24) is 15.2 Å². The molecule has 3 N–H and O–H groups in total. The fraction of sp³-hybridized carbons (Fsp3) is 0.455. The molecule has 152 valence electrons. The molecule has 0 radical (unpaired) electrons. The van der Waals surface area contributed by atoms with Crippen LogP contribution in [0.2, 0.25) is 0 Å². The number of aliphatic hydroxyl groups is 1. The first-order chi connectivity index (χ1) is 14.3. The summed E-state index contributed by atoms with van der Waals surface area (Å²) in [5.74, 6) is 1.38. The zero-order valence-electron chi connectivity index (χ0n) is 16.4. The van der Waals surface area contributed by atoms with E-state index in [9.17, 15) is 5.11 Å². The normalized spacial score (nSPS) is 17.6. The first-order valence-corrected chi connectivity index (χ1v) is 12.2. The maximum Gasteiger partial charge on any atom is 0.152 e. The third-order valence-electron chi connectivity index (χ3n) is 5.62. The van der Waals surface area contributed by atoms with E-state index in [1.807, 2.05) is 29.2 Å². The quantitative estimate of drug-likeness (QED) is 0.427. The van der Waals surface area contributed by atoms with Gasteiger partial charge in [-0.1, -0.05) is 25.3 Å². The Morgan fingerprint density at radius 1 is 1.14 bits per heavy atom. The van der Waals surface area contributed by atoms with Crippen LogP contribution in [0.5, 0.6) is 0 Å². The zero-order valence-corrected chi connectivity index (χ0v) is 18.0. The van der Waals surface area contributed by atoms with Crippen LogP contribution < -0.4 is 5.32 Å². The van der Waals surface area contributed by atoms with Crippen molar-refractivity contribution in [1.29, 1.82) is 0 Å². The van der Waals surface area contributed by atoms with E-state index in [0.717, 1.165) is 16.8 Å². The summed E-state index contributed by atoms with van der Waals surface area (Å²) in [5.41, 5.74) is 3.02. The molecule has 5 rings (SSSR count). The van der Waals surface area contributed by atoms with E-state index in [-0.39, 0.29) is 6.61 Å². The van der Waals surface area contributed by atoms with Crippen molar-refractivity contribution in [2.24, 2.45) is 0 Å². The molecule has 0 spiro atoms. The molecule has 7 heteroatoms. The van der Waals surface area contributed by atoms with Gasteiger partial charge in [0, 0.05) is 39.6 Å². The highest BCUT2D eigenvalue weighted by atomic mass is 32.2. The fourth-order valence-corrected chi connectivity index (χ4v) is 6.29. The number of hydrogen-bond donors (Lipinski definition) is 3. The molecular weight excluding hydrogens is 400 g/mol. The highest BCUT2D eigenvalue weighted by Gasteiger charge is 2.25. The highest BCUT2D eigenvalue weighted by molar-refractivity contribution is 8.00. The third-order valence-corrected chi connectivity index (χ3v) is 8.21. The maximum atomic E-state index is 9.22. The smallest absolute Gasteiger partial charge is 0.152 e. The molecule has 0 amide bonds. The number of thioether (sulfide) groups is 1. The first-order valence-electron chi connectivity index (χ1n) is 10.5. The van der Waals surface area contributed by atoms with Gasteiger partial charge in [0.2, 0.25) is 0 Å². The lowest BCUT2D eigenvalue weighted by molar-refractivity contribution is 0.276. The Hall–Kier alpha value is -1.83. The average molecular weight is 427 g/mol. The summed E-state index contributed by atoms with van der Waals surface area (Å²) < 4.78 is 0. The van der Waals surface area contributed by atoms with E-state index in [4.69, 9.17) is 4.98 Å². The van der Waals surface area contributed by atoms with Crippen LogP contribution in [0.1, 0.15) is 61.6 Å². The summed E-state index contributed by atoms with van der Waals surface area (Å²) in [5, 5.41) is 21.7. The predicted octanol–water partition coefficient (Wildman–Crippen LogP) is 6.07. The summed E-state index contributed by atoms with van der Waals surface area (Å²) in [4.78, 5) is 7.40. The van der Waals surface area contributed by atoms with Crippen molar-refractivity contribution in [3.05, 3.63) is 41.2 Å². The van der Waals surface area contributed by atoms with E-state index < -0.39 is 0 Å². The largest absolute Gasteiger partial charge is 0.390 e. The number of aromatic nitrogens is 3. The van der Waals surface area contributed by atoms with Crippen LogP contribution >= 0.6 is 23.1 Å². The van der Waals surface area contributed by atoms with Gasteiger partial charge < -0.3 is 10.4 Å². The van der Waals surface area contributed by atoms with Crippen molar-refractivity contribution < 1.29 is 5.11 Å². The Kier molecular flexibility index (Phi) is 5.61. The minimum atomic E-state index is -0.0366. The van der Waals surface area contributed by atoms with E-state index >= 15 is 0 Å². The van der Waals surface area contributed by atoms with E-state index in [1.54, 1.807) is 0 Å². The van der Waals surface area contributed by atoms with Crippen LogP contribution in [-0.4, -0.2) is 25.5 Å². The molecule has 29 heavy (non-hydrogen) atoms. The Morgan fingerprint density at radius 2 is 2.00 bits per heavy atom. The molecule has 2 aliphatic carbocycles. The van der Waals surface area contributed by atoms with E-state index in [1.165, 1.54) is 65.3 Å². The number of benzene rings is 1. The van der Waals surface area contributed by atoms with Crippen LogP contribution in [0.15, 0.2) is 35.4 Å². The van der Waals surface area contributed by atoms with Gasteiger partial charge in [-0.2, -0.15) is 5.10 Å². The zero-order chi connectivity index (χ0) is 19.6. The van der Waals surface area contributed by atoms with E-state index in [2.05, 4.69) is 39.9 Å². The molecule has 0 aliphatic heterocycles. The van der Waals surface area contributed by atoms with Gasteiger partial charge in [0.1, 0.15) is 0 Å². The number of nitrogens with one attached hydrogen (secondary N) is 2. The molecular formula is C22H26N4OS2. The van der Waals surface area contributed by atoms with Gasteiger partial charge in [-0.25, -0.2) is 4.98 Å². The lowest BCUT2D eigenvalue weighted by Crippen LogP contribution is -2.03. The van der Waals surface area contributed by atoms with Gasteiger partial charge in [-0.3, -0.25) is 5.10 Å². The van der Waals surface area contributed by atoms with Crippen LogP contribution in [0, 0.1) is 0 Å². The maximum absolute atomic E-state index is 9.22. The van der Waals surface area contributed by atoms with Crippen molar-refractivity contribution in [3.8, 4) is 10.4 Å². The molecule has 0 atom stereocenters. The second-order valence-corrected chi connectivity index (χ2v) is 10.4. The summed E-state index contributed by atoms with van der Waals surface area (Å²) in [6, 6.07) is 8.39. The van der Waals surface area contributed by atoms with Gasteiger partial charge in [0.05, 0.1) is 22.2 Å². The second kappa shape index (κ2) is 8.50. The topological polar surface area (TPSA) is 73.8 Å². The molecule has 2 aliphatic rings. The SMILES string of the molecule is OCc1cc(Nc2ccc(-c3cnc(C4CCCCC4)s3)c(SC3CC3)c2)n[nH]1. The molecule has 0 saturated heterocycles. The average Bonchev–Trinajstić information content (AvgIpc) is 3.25. The molecule has 2 heterocycles. The molecule has 3 aromatic rings. The number of H-pyrrole nitrogens is 1. The van der Waals surface area contributed by atoms with Crippen LogP contribution in [0.25, 0.3) is 10.4 Å². The fourth-order valence-electron chi connectivity index (χ4n) is 3.87. The molecule has 2 aromatic heterocycles. The predicted molar refractivity (Wildman–Crippen MR) is 120 cm³/mol. The first kappa shape index (κ1) is 19.2. The number of anilines is 2. The lowest BCUT2D eigenvalue weighted by atomic mass is 9.90. The number of nitrogens with zero attached hydrogens (tertiary/aromatic N) is 2. The number of aromatic amines is 1. The summed E-state index contributed by atoms with van der Waals surface area (Å²) in [7, 11) is 0. The molecule has 2 fully saturated rings. The minimum Gasteiger partial charge on any atom is -0.390 e. The number of thiazole rings is 1. The lowest BCUT2D eigenvalue weighted by Gasteiger charge is -2.18. The Morgan fingerprint density at radius 3 is 2.76 bits per heavy atom. The molecule has 1 aromatic carbocycles. The number of hydrogen-bond acceptors (Lipinski definition) is 6. The Labute approximate surface area is 179 Å². The second-order valence-electron chi connectivity index (χ2n) is 7.99. The summed E-state index contributed by atoms with van der Waals surface area (Å²) in [6.45, 7) is -0.0366. The van der Waals surface area contributed by atoms with Gasteiger partial charge in [0.15, 0.2) is 5.82 Å². The molecule has 2 saturated carbocycles. The van der Waals surface area contributed by atoms with Crippen LogP contribution in [0.3, 0.4) is 0 Å². The van der Waals surface area contributed by atoms with E-state index in [0.29, 0.717) is 11.6 Å². The molecule has 0 unspecified atom stereocenters. The van der Waals surface area contributed by atoms with Crippen molar-refractivity contribution in [2.75, 3.05) is 5.32 Å². The molecule has 5 nitrogen and oxygen atoms in total. The number of aliphatic hydroxyl groups excluding tert-OH is 1. The summed E-state index contributed by atoms with van der Waals surface area (Å²) in [6.07, 6.45) is 11.3. The summed E-state index contributed by atoms with van der Waals surface area (Å²) >= 11 is 3.86. The van der Waals surface area contributed by atoms with Gasteiger partial charge in [-0.15, -0.1) is 23.1 Å². The van der Waals surface area contributed by atoms with Crippen molar-refractivity contribution in [3.63, 3.8) is 0 Å². The van der Waals surface area contributed by atoms with Crippen molar-refractivity contribution in [2.45, 2.75) is 67.6 Å².